The van der Waals surface area contributed by atoms with Gasteiger partial charge in [0.15, 0.2) is 0 Å². The molecule has 1 saturated heterocycles. The van der Waals surface area contributed by atoms with Crippen LogP contribution in [-0.4, -0.2) is 42.4 Å². The van der Waals surface area contributed by atoms with Crippen LogP contribution in [0.5, 0.6) is 0 Å². The summed E-state index contributed by atoms with van der Waals surface area (Å²) in [4.78, 5) is 24.8. The molecule has 1 fully saturated rings. The predicted octanol–water partition coefficient (Wildman–Crippen LogP) is -0.149. The van der Waals surface area contributed by atoms with Crippen molar-refractivity contribution in [2.45, 2.75) is 44.7 Å². The molecule has 0 spiro atoms. The topological polar surface area (TPSA) is 75.4 Å². The second kappa shape index (κ2) is 5.84. The fraction of sp³-hybridized carbons (Fsp3) is 0.818. The van der Waals surface area contributed by atoms with Crippen molar-refractivity contribution in [1.82, 2.24) is 10.2 Å². The van der Waals surface area contributed by atoms with E-state index in [0.29, 0.717) is 19.4 Å². The SMILES string of the molecule is CCCC[C@H](N)C(=O)NC1CCN(C)C1=O. The van der Waals surface area contributed by atoms with E-state index in [-0.39, 0.29) is 17.9 Å². The van der Waals surface area contributed by atoms with Crippen molar-refractivity contribution >= 4 is 11.8 Å². The lowest BCUT2D eigenvalue weighted by molar-refractivity contribution is -0.132. The molecule has 2 amide bonds. The fourth-order valence-electron chi connectivity index (χ4n) is 1.79. The standard InChI is InChI=1S/C11H21N3O2/c1-3-4-5-8(12)10(15)13-9-6-7-14(2)11(9)16/h8-9H,3-7,12H2,1-2H3,(H,13,15)/t8-,9?/m0/s1. The van der Waals surface area contributed by atoms with Gasteiger partial charge in [-0.15, -0.1) is 0 Å². The van der Waals surface area contributed by atoms with E-state index in [1.165, 1.54) is 0 Å². The van der Waals surface area contributed by atoms with E-state index >= 15 is 0 Å². The van der Waals surface area contributed by atoms with Crippen LogP contribution in [0.2, 0.25) is 0 Å². The molecule has 16 heavy (non-hydrogen) atoms. The largest absolute Gasteiger partial charge is 0.344 e. The third-order valence-electron chi connectivity index (χ3n) is 2.95. The molecule has 2 atom stereocenters. The van der Waals surface area contributed by atoms with Crippen LogP contribution < -0.4 is 11.1 Å². The average molecular weight is 227 g/mol. The Balaban J connectivity index is 2.36. The number of carbonyl (C=O) groups excluding carboxylic acids is 2. The molecule has 1 unspecified atom stereocenters. The van der Waals surface area contributed by atoms with E-state index in [1.807, 2.05) is 0 Å². The Kier molecular flexibility index (Phi) is 4.73. The quantitative estimate of drug-likeness (QED) is 0.686. The van der Waals surface area contributed by atoms with E-state index in [2.05, 4.69) is 12.2 Å². The molecule has 0 aromatic carbocycles. The molecular formula is C11H21N3O2. The van der Waals surface area contributed by atoms with E-state index in [4.69, 9.17) is 5.73 Å². The first-order valence-electron chi connectivity index (χ1n) is 5.87. The first-order valence-corrected chi connectivity index (χ1v) is 5.87. The summed E-state index contributed by atoms with van der Waals surface area (Å²) in [5.41, 5.74) is 5.72. The number of nitrogens with zero attached hydrogens (tertiary/aromatic N) is 1. The highest BCUT2D eigenvalue weighted by atomic mass is 16.2. The van der Waals surface area contributed by atoms with Crippen LogP contribution in [-0.2, 0) is 9.59 Å². The normalized spacial score (nSPS) is 22.3. The van der Waals surface area contributed by atoms with Gasteiger partial charge < -0.3 is 16.0 Å². The van der Waals surface area contributed by atoms with Crippen LogP contribution in [0.15, 0.2) is 0 Å². The highest BCUT2D eigenvalue weighted by molar-refractivity contribution is 5.90. The van der Waals surface area contributed by atoms with Crippen molar-refractivity contribution in [3.63, 3.8) is 0 Å². The van der Waals surface area contributed by atoms with E-state index < -0.39 is 6.04 Å². The Morgan fingerprint density at radius 2 is 2.38 bits per heavy atom. The molecule has 1 aliphatic rings. The van der Waals surface area contributed by atoms with Gasteiger partial charge in [0.25, 0.3) is 0 Å². The minimum Gasteiger partial charge on any atom is -0.344 e. The van der Waals surface area contributed by atoms with Crippen LogP contribution >= 0.6 is 0 Å². The van der Waals surface area contributed by atoms with Gasteiger partial charge in [-0.1, -0.05) is 19.8 Å². The molecular weight excluding hydrogens is 206 g/mol. The minimum atomic E-state index is -0.487. The molecule has 1 heterocycles. The van der Waals surface area contributed by atoms with Gasteiger partial charge in [0, 0.05) is 13.6 Å². The number of rotatable bonds is 5. The molecule has 1 rings (SSSR count). The van der Waals surface area contributed by atoms with E-state index in [0.717, 1.165) is 12.8 Å². The Morgan fingerprint density at radius 3 is 2.88 bits per heavy atom. The van der Waals surface area contributed by atoms with Gasteiger partial charge in [0.1, 0.15) is 6.04 Å². The molecule has 0 bridgehead atoms. The smallest absolute Gasteiger partial charge is 0.244 e. The van der Waals surface area contributed by atoms with Crippen molar-refractivity contribution in [2.24, 2.45) is 5.73 Å². The first-order chi connectivity index (χ1) is 7.56. The Hall–Kier alpha value is -1.10. The zero-order valence-corrected chi connectivity index (χ0v) is 10.0. The zero-order chi connectivity index (χ0) is 12.1. The van der Waals surface area contributed by atoms with Crippen LogP contribution in [0.4, 0.5) is 0 Å². The van der Waals surface area contributed by atoms with Gasteiger partial charge in [-0.25, -0.2) is 0 Å². The van der Waals surface area contributed by atoms with E-state index in [1.54, 1.807) is 11.9 Å². The first kappa shape index (κ1) is 13.0. The summed E-state index contributed by atoms with van der Waals surface area (Å²) in [6.45, 7) is 2.76. The summed E-state index contributed by atoms with van der Waals surface area (Å²) in [6, 6.07) is -0.858. The molecule has 0 saturated carbocycles. The molecule has 0 aromatic heterocycles. The molecule has 5 heteroatoms. The third-order valence-corrected chi connectivity index (χ3v) is 2.95. The summed E-state index contributed by atoms with van der Waals surface area (Å²) in [5.74, 6) is -0.224. The number of hydrogen-bond acceptors (Lipinski definition) is 3. The molecule has 92 valence electrons. The number of nitrogens with two attached hydrogens (primary N) is 1. The van der Waals surface area contributed by atoms with Crippen LogP contribution in [0.3, 0.4) is 0 Å². The van der Waals surface area contributed by atoms with E-state index in [9.17, 15) is 9.59 Å². The highest BCUT2D eigenvalue weighted by Gasteiger charge is 2.31. The van der Waals surface area contributed by atoms with Crippen molar-refractivity contribution in [2.75, 3.05) is 13.6 Å². The number of nitrogens with one attached hydrogen (secondary N) is 1. The molecule has 0 aliphatic carbocycles. The summed E-state index contributed by atoms with van der Waals surface area (Å²) < 4.78 is 0. The van der Waals surface area contributed by atoms with Gasteiger partial charge >= 0.3 is 0 Å². The predicted molar refractivity (Wildman–Crippen MR) is 61.7 cm³/mol. The molecule has 1 aliphatic heterocycles. The lowest BCUT2D eigenvalue weighted by atomic mass is 10.1. The summed E-state index contributed by atoms with van der Waals surface area (Å²) in [7, 11) is 1.74. The maximum absolute atomic E-state index is 11.7. The Bertz CT molecular complexity index is 268. The Labute approximate surface area is 96.4 Å². The van der Waals surface area contributed by atoms with Crippen LogP contribution in [0.25, 0.3) is 0 Å². The van der Waals surface area contributed by atoms with Gasteiger partial charge in [0.2, 0.25) is 11.8 Å². The van der Waals surface area contributed by atoms with Crippen LogP contribution in [0.1, 0.15) is 32.6 Å². The average Bonchev–Trinajstić information content (AvgIpc) is 2.57. The molecule has 0 radical (unpaired) electrons. The van der Waals surface area contributed by atoms with Gasteiger partial charge in [0.05, 0.1) is 6.04 Å². The highest BCUT2D eigenvalue weighted by Crippen LogP contribution is 2.09. The fourth-order valence-corrected chi connectivity index (χ4v) is 1.79. The van der Waals surface area contributed by atoms with Gasteiger partial charge in [-0.05, 0) is 12.8 Å². The zero-order valence-electron chi connectivity index (χ0n) is 10.0. The second-order valence-corrected chi connectivity index (χ2v) is 4.36. The third kappa shape index (κ3) is 3.20. The monoisotopic (exact) mass is 227 g/mol. The molecule has 3 N–H and O–H groups in total. The van der Waals surface area contributed by atoms with Gasteiger partial charge in [-0.2, -0.15) is 0 Å². The summed E-state index contributed by atoms with van der Waals surface area (Å²) in [6.07, 6.45) is 3.32. The number of unbranched alkanes of at least 4 members (excludes halogenated alkanes) is 1. The Morgan fingerprint density at radius 1 is 1.69 bits per heavy atom. The van der Waals surface area contributed by atoms with Crippen LogP contribution in [0, 0.1) is 0 Å². The maximum atomic E-state index is 11.7. The summed E-state index contributed by atoms with van der Waals surface area (Å²) >= 11 is 0. The summed E-state index contributed by atoms with van der Waals surface area (Å²) in [5, 5.41) is 2.71. The number of hydrogen-bond donors (Lipinski definition) is 2. The van der Waals surface area contributed by atoms with Crippen molar-refractivity contribution in [3.05, 3.63) is 0 Å². The van der Waals surface area contributed by atoms with Crippen molar-refractivity contribution < 1.29 is 9.59 Å². The molecule has 5 nitrogen and oxygen atoms in total. The number of carbonyl (C=O) groups is 2. The van der Waals surface area contributed by atoms with Crippen molar-refractivity contribution in [1.29, 1.82) is 0 Å². The van der Waals surface area contributed by atoms with Gasteiger partial charge in [-0.3, -0.25) is 9.59 Å². The minimum absolute atomic E-state index is 0.0176. The second-order valence-electron chi connectivity index (χ2n) is 4.36. The number of likely N-dealkylation sites (N-methyl/N-ethyl adjacent to an activating group) is 1. The maximum Gasteiger partial charge on any atom is 0.244 e. The molecule has 0 aromatic rings. The number of likely N-dealkylation sites (tertiary alicyclic amines) is 1. The lowest BCUT2D eigenvalue weighted by Gasteiger charge is -2.15. The lowest BCUT2D eigenvalue weighted by Crippen LogP contribution is -2.48. The number of amides is 2. The van der Waals surface area contributed by atoms with Crippen molar-refractivity contribution in [3.8, 4) is 0 Å².